The lowest BCUT2D eigenvalue weighted by Gasteiger charge is -2.38. The van der Waals surface area contributed by atoms with E-state index in [0.717, 1.165) is 11.1 Å². The Kier molecular flexibility index (Phi) is 5.54. The summed E-state index contributed by atoms with van der Waals surface area (Å²) < 4.78 is 28.1. The Hall–Kier alpha value is -2.47. The summed E-state index contributed by atoms with van der Waals surface area (Å²) in [6.45, 7) is 3.47. The molecule has 1 N–H and O–H groups in total. The number of carbonyl (C=O) groups is 1. The molecule has 0 aliphatic carbocycles. The van der Waals surface area contributed by atoms with Crippen molar-refractivity contribution in [3.8, 4) is 5.75 Å². The summed E-state index contributed by atoms with van der Waals surface area (Å²) in [6, 6.07) is 12.5. The van der Waals surface area contributed by atoms with Crippen molar-refractivity contribution in [3.63, 3.8) is 0 Å². The van der Waals surface area contributed by atoms with Crippen LogP contribution in [0.2, 0.25) is 0 Å². The lowest BCUT2D eigenvalue weighted by molar-refractivity contribution is -0.134. The Morgan fingerprint density at radius 3 is 2.38 bits per heavy atom. The number of hydrogen-bond donors (Lipinski definition) is 1. The summed E-state index contributed by atoms with van der Waals surface area (Å²) in [5.41, 5.74) is 1.79. The van der Waals surface area contributed by atoms with Gasteiger partial charge in [-0.3, -0.25) is 9.69 Å². The van der Waals surface area contributed by atoms with Gasteiger partial charge in [-0.15, -0.1) is 0 Å². The molecule has 0 saturated carbocycles. The van der Waals surface area contributed by atoms with E-state index in [9.17, 15) is 18.7 Å². The molecule has 2 saturated heterocycles. The fourth-order valence-corrected chi connectivity index (χ4v) is 4.64. The number of rotatable bonds is 4. The van der Waals surface area contributed by atoms with Crippen LogP contribution >= 0.6 is 0 Å². The average molecular weight is 400 g/mol. The highest BCUT2D eigenvalue weighted by Crippen LogP contribution is 2.35. The summed E-state index contributed by atoms with van der Waals surface area (Å²) in [7, 11) is 0. The minimum atomic E-state index is -1.05. The number of piperidine rings is 1. The highest BCUT2D eigenvalue weighted by atomic mass is 19.1. The molecule has 4 nitrogen and oxygen atoms in total. The molecule has 2 heterocycles. The summed E-state index contributed by atoms with van der Waals surface area (Å²) in [5, 5.41) is 9.44. The van der Waals surface area contributed by atoms with Crippen LogP contribution in [0.15, 0.2) is 48.5 Å². The van der Waals surface area contributed by atoms with Crippen LogP contribution in [0, 0.1) is 5.82 Å². The van der Waals surface area contributed by atoms with Gasteiger partial charge in [0.2, 0.25) is 5.91 Å². The van der Waals surface area contributed by atoms with Crippen molar-refractivity contribution >= 4 is 5.91 Å². The van der Waals surface area contributed by atoms with Crippen molar-refractivity contribution in [2.24, 2.45) is 0 Å². The highest BCUT2D eigenvalue weighted by molar-refractivity contribution is 5.84. The molecule has 6 heteroatoms. The molecule has 2 aromatic carbocycles. The molecule has 4 atom stereocenters. The Morgan fingerprint density at radius 2 is 1.72 bits per heavy atom. The molecular weight excluding hydrogens is 374 g/mol. The minimum absolute atomic E-state index is 0.0251. The number of alkyl halides is 1. The smallest absolute Gasteiger partial charge is 0.240 e. The van der Waals surface area contributed by atoms with E-state index < -0.39 is 6.17 Å². The van der Waals surface area contributed by atoms with E-state index in [0.29, 0.717) is 25.9 Å². The number of carbonyl (C=O) groups excluding carboxylic acids is 1. The number of benzene rings is 2. The molecule has 4 rings (SSSR count). The number of halogens is 2. The van der Waals surface area contributed by atoms with Crippen LogP contribution in [-0.4, -0.2) is 52.7 Å². The lowest BCUT2D eigenvalue weighted by atomic mass is 9.87. The second-order valence-corrected chi connectivity index (χ2v) is 8.06. The topological polar surface area (TPSA) is 43.8 Å². The molecule has 0 spiro atoms. The summed E-state index contributed by atoms with van der Waals surface area (Å²) in [6.07, 6.45) is 0.272. The van der Waals surface area contributed by atoms with Crippen LogP contribution in [0.25, 0.3) is 0 Å². The molecule has 2 unspecified atom stereocenters. The van der Waals surface area contributed by atoms with E-state index in [2.05, 4.69) is 0 Å². The molecule has 154 valence electrons. The predicted octanol–water partition coefficient (Wildman–Crippen LogP) is 4.02. The number of aromatic hydroxyl groups is 1. The van der Waals surface area contributed by atoms with Crippen molar-refractivity contribution in [3.05, 3.63) is 65.5 Å². The summed E-state index contributed by atoms with van der Waals surface area (Å²) in [5.74, 6) is -0.305. The zero-order valence-electron chi connectivity index (χ0n) is 16.5. The Morgan fingerprint density at radius 1 is 1.03 bits per heavy atom. The minimum Gasteiger partial charge on any atom is -0.508 e. The largest absolute Gasteiger partial charge is 0.508 e. The number of nitrogens with zero attached hydrogens (tertiary/aromatic N) is 2. The van der Waals surface area contributed by atoms with Gasteiger partial charge >= 0.3 is 0 Å². The lowest BCUT2D eigenvalue weighted by Crippen LogP contribution is -2.49. The van der Waals surface area contributed by atoms with Crippen molar-refractivity contribution in [2.75, 3.05) is 19.6 Å². The molecule has 1 amide bonds. The van der Waals surface area contributed by atoms with E-state index in [4.69, 9.17) is 0 Å². The van der Waals surface area contributed by atoms with Gasteiger partial charge < -0.3 is 10.0 Å². The molecular formula is C23H26F2N2O2. The number of amides is 1. The fraction of sp³-hybridized carbons (Fsp3) is 0.435. The molecule has 0 bridgehead atoms. The fourth-order valence-electron chi connectivity index (χ4n) is 4.64. The summed E-state index contributed by atoms with van der Waals surface area (Å²) in [4.78, 5) is 16.8. The first-order valence-electron chi connectivity index (χ1n) is 10.2. The van der Waals surface area contributed by atoms with E-state index >= 15 is 0 Å². The molecule has 2 aromatic rings. The summed E-state index contributed by atoms with van der Waals surface area (Å²) >= 11 is 0. The zero-order chi connectivity index (χ0) is 20.5. The standard InChI is InChI=1S/C23H26F2N2O2/c1-15(16-2-6-18(24)7-3-16)27-13-11-22(23(27)29)26-12-10-20(21(25)14-26)17-4-8-19(28)9-5-17/h2-9,15,20-22,28H,10-14H2,1H3/t15-,20?,21+,22?/m0/s1. The Bertz CT molecular complexity index is 856. The third-order valence-electron chi connectivity index (χ3n) is 6.37. The predicted molar refractivity (Wildman–Crippen MR) is 107 cm³/mol. The zero-order valence-corrected chi connectivity index (χ0v) is 16.5. The first-order chi connectivity index (χ1) is 13.9. The third-order valence-corrected chi connectivity index (χ3v) is 6.37. The Labute approximate surface area is 169 Å². The van der Waals surface area contributed by atoms with Crippen molar-refractivity contribution in [1.82, 2.24) is 9.80 Å². The van der Waals surface area contributed by atoms with Gasteiger partial charge in [-0.05, 0) is 61.7 Å². The van der Waals surface area contributed by atoms with E-state index in [1.54, 1.807) is 36.4 Å². The van der Waals surface area contributed by atoms with E-state index in [-0.39, 0.29) is 42.0 Å². The van der Waals surface area contributed by atoms with E-state index in [1.807, 2.05) is 16.7 Å². The van der Waals surface area contributed by atoms with E-state index in [1.165, 1.54) is 12.1 Å². The monoisotopic (exact) mass is 400 g/mol. The van der Waals surface area contributed by atoms with Crippen molar-refractivity contribution < 1.29 is 18.7 Å². The van der Waals surface area contributed by atoms with Crippen LogP contribution < -0.4 is 0 Å². The van der Waals surface area contributed by atoms with Gasteiger partial charge in [0.25, 0.3) is 0 Å². The van der Waals surface area contributed by atoms with Gasteiger partial charge in [-0.25, -0.2) is 8.78 Å². The maximum atomic E-state index is 15.0. The number of phenolic OH excluding ortho intramolecular Hbond substituents is 1. The van der Waals surface area contributed by atoms with Gasteiger partial charge in [-0.2, -0.15) is 0 Å². The van der Waals surface area contributed by atoms with Crippen LogP contribution in [0.4, 0.5) is 8.78 Å². The molecule has 29 heavy (non-hydrogen) atoms. The first-order valence-corrected chi connectivity index (χ1v) is 10.2. The SMILES string of the molecule is C[C@@H](c1ccc(F)cc1)N1CCC(N2CCC(c3ccc(O)cc3)[C@H](F)C2)C1=O. The third kappa shape index (κ3) is 3.99. The maximum absolute atomic E-state index is 15.0. The average Bonchev–Trinajstić information content (AvgIpc) is 3.10. The van der Waals surface area contributed by atoms with Crippen LogP contribution in [0.5, 0.6) is 5.75 Å². The van der Waals surface area contributed by atoms with Crippen LogP contribution in [0.3, 0.4) is 0 Å². The van der Waals surface area contributed by atoms with Gasteiger partial charge in [0, 0.05) is 19.0 Å². The van der Waals surface area contributed by atoms with Gasteiger partial charge in [0.05, 0.1) is 12.1 Å². The normalized spacial score (nSPS) is 26.7. The first kappa shape index (κ1) is 19.8. The Balaban J connectivity index is 1.40. The van der Waals surface area contributed by atoms with Gasteiger partial charge in [0.1, 0.15) is 17.7 Å². The second kappa shape index (κ2) is 8.11. The van der Waals surface area contributed by atoms with Gasteiger partial charge in [-0.1, -0.05) is 24.3 Å². The quantitative estimate of drug-likeness (QED) is 0.843. The van der Waals surface area contributed by atoms with Crippen molar-refractivity contribution in [2.45, 2.75) is 43.9 Å². The number of phenols is 1. The molecule has 2 aliphatic heterocycles. The molecule has 2 fully saturated rings. The number of likely N-dealkylation sites (tertiary alicyclic amines) is 2. The second-order valence-electron chi connectivity index (χ2n) is 8.06. The highest BCUT2D eigenvalue weighted by Gasteiger charge is 2.42. The van der Waals surface area contributed by atoms with Crippen LogP contribution in [0.1, 0.15) is 42.9 Å². The molecule has 0 radical (unpaired) electrons. The van der Waals surface area contributed by atoms with Crippen LogP contribution in [-0.2, 0) is 4.79 Å². The molecule has 0 aromatic heterocycles. The number of hydrogen-bond acceptors (Lipinski definition) is 3. The van der Waals surface area contributed by atoms with Gasteiger partial charge in [0.15, 0.2) is 0 Å². The van der Waals surface area contributed by atoms with Crippen molar-refractivity contribution in [1.29, 1.82) is 0 Å². The molecule has 2 aliphatic rings. The maximum Gasteiger partial charge on any atom is 0.240 e.